The van der Waals surface area contributed by atoms with Crippen molar-refractivity contribution >= 4 is 23.5 Å². The first-order chi connectivity index (χ1) is 8.45. The van der Waals surface area contributed by atoms with E-state index >= 15 is 0 Å². The summed E-state index contributed by atoms with van der Waals surface area (Å²) in [7, 11) is 3.03. The predicted molar refractivity (Wildman–Crippen MR) is 69.6 cm³/mol. The lowest BCUT2D eigenvalue weighted by Gasteiger charge is -2.18. The third kappa shape index (κ3) is 3.74. The van der Waals surface area contributed by atoms with Crippen LogP contribution in [-0.4, -0.2) is 36.3 Å². The molecule has 98 valence electrons. The smallest absolute Gasteiger partial charge is 0.337 e. The maximum Gasteiger partial charge on any atom is 0.337 e. The number of nitrogens with zero attached hydrogens (tertiary/aromatic N) is 1. The van der Waals surface area contributed by atoms with Gasteiger partial charge >= 0.3 is 5.97 Å². The fraction of sp³-hybridized carbons (Fsp3) is 0.385. The van der Waals surface area contributed by atoms with Crippen LogP contribution in [-0.2, 0) is 16.1 Å². The summed E-state index contributed by atoms with van der Waals surface area (Å²) in [5.74, 6) is -0.505. The van der Waals surface area contributed by atoms with Gasteiger partial charge in [-0.2, -0.15) is 0 Å². The van der Waals surface area contributed by atoms with Gasteiger partial charge in [0.15, 0.2) is 0 Å². The van der Waals surface area contributed by atoms with Gasteiger partial charge in [0.2, 0.25) is 5.91 Å². The number of benzene rings is 1. The predicted octanol–water partition coefficient (Wildman–Crippen LogP) is 2.06. The normalized spacial score (nSPS) is 11.8. The van der Waals surface area contributed by atoms with Gasteiger partial charge in [-0.25, -0.2) is 4.79 Å². The minimum atomic E-state index is -0.538. The molecular formula is C13H16ClNO3. The quantitative estimate of drug-likeness (QED) is 0.621. The van der Waals surface area contributed by atoms with Crippen LogP contribution < -0.4 is 0 Å². The number of carbonyl (C=O) groups excluding carboxylic acids is 2. The number of rotatable bonds is 4. The number of carbonyl (C=O) groups is 2. The maximum atomic E-state index is 11.6. The highest BCUT2D eigenvalue weighted by atomic mass is 35.5. The second kappa shape index (κ2) is 6.40. The summed E-state index contributed by atoms with van der Waals surface area (Å²) in [6, 6.07) is 6.91. The van der Waals surface area contributed by atoms with Crippen molar-refractivity contribution in [2.45, 2.75) is 18.8 Å². The summed E-state index contributed by atoms with van der Waals surface area (Å²) in [5, 5.41) is -0.538. The Hall–Kier alpha value is -1.55. The van der Waals surface area contributed by atoms with Gasteiger partial charge in [0.1, 0.15) is 5.38 Å². The fourth-order valence-corrected chi connectivity index (χ4v) is 1.69. The van der Waals surface area contributed by atoms with Gasteiger partial charge in [-0.3, -0.25) is 4.79 Å². The summed E-state index contributed by atoms with van der Waals surface area (Å²) in [6.07, 6.45) is 0. The van der Waals surface area contributed by atoms with E-state index in [-0.39, 0.29) is 11.9 Å². The molecule has 18 heavy (non-hydrogen) atoms. The van der Waals surface area contributed by atoms with Crippen molar-refractivity contribution in [3.8, 4) is 0 Å². The van der Waals surface area contributed by atoms with Crippen LogP contribution >= 0.6 is 11.6 Å². The van der Waals surface area contributed by atoms with E-state index in [1.54, 1.807) is 43.1 Å². The molecule has 0 aliphatic rings. The van der Waals surface area contributed by atoms with Crippen LogP contribution in [0, 0.1) is 0 Å². The van der Waals surface area contributed by atoms with E-state index in [2.05, 4.69) is 4.74 Å². The van der Waals surface area contributed by atoms with Gasteiger partial charge in [-0.05, 0) is 24.6 Å². The molecule has 0 aliphatic carbocycles. The second-order valence-corrected chi connectivity index (χ2v) is 4.65. The second-order valence-electron chi connectivity index (χ2n) is 4.00. The van der Waals surface area contributed by atoms with E-state index in [0.29, 0.717) is 12.1 Å². The standard InChI is InChI=1S/C13H16ClNO3/c1-9(14)12(16)15(2)8-10-4-6-11(7-5-10)13(17)18-3/h4-7,9H,8H2,1-3H3. The molecule has 1 rings (SSSR count). The first kappa shape index (κ1) is 14.5. The first-order valence-electron chi connectivity index (χ1n) is 5.52. The minimum absolute atomic E-state index is 0.131. The average molecular weight is 270 g/mol. The highest BCUT2D eigenvalue weighted by Crippen LogP contribution is 2.09. The Morgan fingerprint density at radius 1 is 1.33 bits per heavy atom. The SMILES string of the molecule is COC(=O)c1ccc(CN(C)C(=O)C(C)Cl)cc1. The molecule has 1 aromatic carbocycles. The highest BCUT2D eigenvalue weighted by molar-refractivity contribution is 6.30. The number of ether oxygens (including phenoxy) is 1. The third-order valence-electron chi connectivity index (χ3n) is 2.51. The lowest BCUT2D eigenvalue weighted by Crippen LogP contribution is -2.31. The number of hydrogen-bond donors (Lipinski definition) is 0. The number of esters is 1. The van der Waals surface area contributed by atoms with E-state index in [1.165, 1.54) is 7.11 Å². The Morgan fingerprint density at radius 2 is 1.89 bits per heavy atom. The van der Waals surface area contributed by atoms with Crippen molar-refractivity contribution in [3.63, 3.8) is 0 Å². The van der Waals surface area contributed by atoms with Gasteiger partial charge < -0.3 is 9.64 Å². The number of halogens is 1. The van der Waals surface area contributed by atoms with Crippen LogP contribution in [0.5, 0.6) is 0 Å². The Labute approximate surface area is 111 Å². The van der Waals surface area contributed by atoms with Crippen molar-refractivity contribution in [1.82, 2.24) is 4.90 Å². The molecule has 0 saturated heterocycles. The Balaban J connectivity index is 2.69. The molecule has 0 aliphatic heterocycles. The number of amides is 1. The van der Waals surface area contributed by atoms with E-state index in [9.17, 15) is 9.59 Å². The van der Waals surface area contributed by atoms with Gasteiger partial charge in [-0.15, -0.1) is 11.6 Å². The van der Waals surface area contributed by atoms with E-state index in [4.69, 9.17) is 11.6 Å². The lowest BCUT2D eigenvalue weighted by molar-refractivity contribution is -0.129. The van der Waals surface area contributed by atoms with Gasteiger partial charge in [-0.1, -0.05) is 12.1 Å². The van der Waals surface area contributed by atoms with Crippen molar-refractivity contribution in [1.29, 1.82) is 0 Å². The number of alkyl halides is 1. The van der Waals surface area contributed by atoms with Crippen LogP contribution in [0.25, 0.3) is 0 Å². The van der Waals surface area contributed by atoms with Crippen LogP contribution in [0.4, 0.5) is 0 Å². The molecule has 0 bridgehead atoms. The molecule has 0 fully saturated rings. The lowest BCUT2D eigenvalue weighted by atomic mass is 10.1. The molecule has 0 N–H and O–H groups in total. The van der Waals surface area contributed by atoms with E-state index in [1.807, 2.05) is 0 Å². The zero-order valence-corrected chi connectivity index (χ0v) is 11.4. The molecule has 5 heteroatoms. The largest absolute Gasteiger partial charge is 0.465 e. The van der Waals surface area contributed by atoms with Crippen molar-refractivity contribution in [2.75, 3.05) is 14.2 Å². The zero-order chi connectivity index (χ0) is 13.7. The molecule has 1 unspecified atom stereocenters. The van der Waals surface area contributed by atoms with E-state index < -0.39 is 5.38 Å². The first-order valence-corrected chi connectivity index (χ1v) is 5.95. The third-order valence-corrected chi connectivity index (χ3v) is 2.70. The topological polar surface area (TPSA) is 46.6 Å². The van der Waals surface area contributed by atoms with Crippen molar-refractivity contribution in [2.24, 2.45) is 0 Å². The Morgan fingerprint density at radius 3 is 2.33 bits per heavy atom. The van der Waals surface area contributed by atoms with Crippen LogP contribution in [0.2, 0.25) is 0 Å². The molecule has 0 aromatic heterocycles. The molecular weight excluding hydrogens is 254 g/mol. The van der Waals surface area contributed by atoms with Gasteiger partial charge in [0.25, 0.3) is 0 Å². The van der Waals surface area contributed by atoms with Gasteiger partial charge in [0.05, 0.1) is 12.7 Å². The molecule has 1 atom stereocenters. The number of methoxy groups -OCH3 is 1. The monoisotopic (exact) mass is 269 g/mol. The molecule has 0 saturated carbocycles. The highest BCUT2D eigenvalue weighted by Gasteiger charge is 2.15. The molecule has 0 radical (unpaired) electrons. The summed E-state index contributed by atoms with van der Waals surface area (Å²) in [5.41, 5.74) is 1.41. The summed E-state index contributed by atoms with van der Waals surface area (Å²) < 4.78 is 4.61. The summed E-state index contributed by atoms with van der Waals surface area (Å²) >= 11 is 5.72. The van der Waals surface area contributed by atoms with Crippen molar-refractivity contribution in [3.05, 3.63) is 35.4 Å². The van der Waals surface area contributed by atoms with Gasteiger partial charge in [0, 0.05) is 13.6 Å². The summed E-state index contributed by atoms with van der Waals surface area (Å²) in [6.45, 7) is 2.10. The Bertz CT molecular complexity index is 428. The minimum Gasteiger partial charge on any atom is -0.465 e. The van der Waals surface area contributed by atoms with E-state index in [0.717, 1.165) is 5.56 Å². The number of hydrogen-bond acceptors (Lipinski definition) is 3. The fourth-order valence-electron chi connectivity index (χ4n) is 1.52. The Kier molecular flexibility index (Phi) is 5.16. The van der Waals surface area contributed by atoms with Crippen molar-refractivity contribution < 1.29 is 14.3 Å². The van der Waals surface area contributed by atoms with Crippen LogP contribution in [0.3, 0.4) is 0 Å². The average Bonchev–Trinajstić information content (AvgIpc) is 2.37. The molecule has 1 amide bonds. The molecule has 0 heterocycles. The zero-order valence-electron chi connectivity index (χ0n) is 10.6. The van der Waals surface area contributed by atoms with Crippen LogP contribution in [0.1, 0.15) is 22.8 Å². The molecule has 1 aromatic rings. The maximum absolute atomic E-state index is 11.6. The summed E-state index contributed by atoms with van der Waals surface area (Å²) in [4.78, 5) is 24.4. The molecule has 0 spiro atoms. The van der Waals surface area contributed by atoms with Crippen LogP contribution in [0.15, 0.2) is 24.3 Å². The molecule has 4 nitrogen and oxygen atoms in total.